The Morgan fingerprint density at radius 3 is 2.35 bits per heavy atom. The van der Waals surface area contributed by atoms with Gasteiger partial charge in [0.1, 0.15) is 11.6 Å². The topological polar surface area (TPSA) is 53.7 Å². The van der Waals surface area contributed by atoms with Crippen molar-refractivity contribution in [3.05, 3.63) is 29.0 Å². The highest BCUT2D eigenvalue weighted by molar-refractivity contribution is 7.80. The molecule has 0 unspecified atom stereocenters. The van der Waals surface area contributed by atoms with Gasteiger partial charge in [-0.3, -0.25) is 0 Å². The number of nitrogens with two attached hydrogens (primary N) is 1. The second-order valence-corrected chi connectivity index (χ2v) is 6.90. The molecule has 1 aromatic rings. The monoisotopic (exact) mass is 339 g/mol. The standard InChI is InChI=1S/C16H23BFNO3S/c1-15(2)16(3,4)22-17(21-15)11(9-23)6-10-7-14(20-5)13(19)8-12(10)18/h6-8,23H,9,19H2,1-5H3. The summed E-state index contributed by atoms with van der Waals surface area (Å²) in [5.74, 6) is 0.368. The lowest BCUT2D eigenvalue weighted by Crippen LogP contribution is -2.41. The third-order valence-corrected chi connectivity index (χ3v) is 4.79. The van der Waals surface area contributed by atoms with E-state index in [0.29, 0.717) is 17.1 Å². The van der Waals surface area contributed by atoms with Crippen molar-refractivity contribution in [3.8, 4) is 5.75 Å². The maximum absolute atomic E-state index is 14.2. The smallest absolute Gasteiger partial charge is 0.491 e. The first-order chi connectivity index (χ1) is 10.6. The number of methoxy groups -OCH3 is 1. The van der Waals surface area contributed by atoms with Crippen molar-refractivity contribution in [1.29, 1.82) is 0 Å². The van der Waals surface area contributed by atoms with Crippen LogP contribution in [0.1, 0.15) is 33.3 Å². The fraction of sp³-hybridized carbons (Fsp3) is 0.500. The summed E-state index contributed by atoms with van der Waals surface area (Å²) in [6.07, 6.45) is 1.67. The molecule has 4 nitrogen and oxygen atoms in total. The SMILES string of the molecule is COc1cc(C=C(CS)B2OC(C)(C)C(C)(C)O2)c(F)cc1N. The number of hydrogen-bond donors (Lipinski definition) is 2. The maximum Gasteiger partial charge on any atom is 0.491 e. The number of anilines is 1. The fourth-order valence-corrected chi connectivity index (χ4v) is 2.49. The number of benzene rings is 1. The van der Waals surface area contributed by atoms with Gasteiger partial charge < -0.3 is 19.8 Å². The molecule has 1 aliphatic heterocycles. The predicted octanol–water partition coefficient (Wildman–Crippen LogP) is 3.36. The fourth-order valence-electron chi connectivity index (χ4n) is 2.25. The van der Waals surface area contributed by atoms with Crippen LogP contribution in [-0.4, -0.2) is 31.2 Å². The zero-order valence-electron chi connectivity index (χ0n) is 14.1. The molecular formula is C16H23BFNO3S. The normalized spacial score (nSPS) is 20.0. The zero-order valence-corrected chi connectivity index (χ0v) is 15.0. The van der Waals surface area contributed by atoms with Gasteiger partial charge >= 0.3 is 7.12 Å². The van der Waals surface area contributed by atoms with E-state index in [1.165, 1.54) is 13.2 Å². The molecule has 0 aliphatic carbocycles. The number of halogens is 1. The van der Waals surface area contributed by atoms with Gasteiger partial charge in [-0.2, -0.15) is 12.6 Å². The number of thiol groups is 1. The van der Waals surface area contributed by atoms with Gasteiger partial charge in [-0.1, -0.05) is 6.08 Å². The Balaban J connectivity index is 2.37. The van der Waals surface area contributed by atoms with Gasteiger partial charge in [0, 0.05) is 17.4 Å². The Labute approximate surface area is 142 Å². The van der Waals surface area contributed by atoms with E-state index in [1.54, 1.807) is 12.1 Å². The van der Waals surface area contributed by atoms with E-state index in [0.717, 1.165) is 5.47 Å². The molecule has 1 fully saturated rings. The lowest BCUT2D eigenvalue weighted by molar-refractivity contribution is 0.00578. The summed E-state index contributed by atoms with van der Waals surface area (Å²) in [5, 5.41) is 0. The highest BCUT2D eigenvalue weighted by atomic mass is 32.1. The minimum Gasteiger partial charge on any atom is -0.495 e. The Kier molecular flexibility index (Phi) is 5.04. The van der Waals surface area contributed by atoms with Gasteiger partial charge in [-0.25, -0.2) is 4.39 Å². The number of nitrogen functional groups attached to an aromatic ring is 1. The van der Waals surface area contributed by atoms with Crippen molar-refractivity contribution in [1.82, 2.24) is 0 Å². The summed E-state index contributed by atoms with van der Waals surface area (Å²) < 4.78 is 31.3. The van der Waals surface area contributed by atoms with Gasteiger partial charge in [-0.15, -0.1) is 0 Å². The molecule has 0 saturated carbocycles. The van der Waals surface area contributed by atoms with Crippen LogP contribution in [0.4, 0.5) is 10.1 Å². The minimum atomic E-state index is -0.569. The largest absolute Gasteiger partial charge is 0.495 e. The highest BCUT2D eigenvalue weighted by Crippen LogP contribution is 2.39. The summed E-state index contributed by atoms with van der Waals surface area (Å²) >= 11 is 4.33. The van der Waals surface area contributed by atoms with Crippen molar-refractivity contribution in [2.45, 2.75) is 38.9 Å². The van der Waals surface area contributed by atoms with Crippen LogP contribution < -0.4 is 10.5 Å². The quantitative estimate of drug-likeness (QED) is 0.502. The lowest BCUT2D eigenvalue weighted by atomic mass is 9.78. The maximum atomic E-state index is 14.2. The second kappa shape index (κ2) is 6.38. The van der Waals surface area contributed by atoms with Crippen LogP contribution >= 0.6 is 12.6 Å². The second-order valence-electron chi connectivity index (χ2n) is 6.58. The van der Waals surface area contributed by atoms with E-state index in [-0.39, 0.29) is 5.69 Å². The number of ether oxygens (including phenoxy) is 1. The molecule has 1 aliphatic rings. The first-order valence-electron chi connectivity index (χ1n) is 7.41. The van der Waals surface area contributed by atoms with Gasteiger partial charge in [0.05, 0.1) is 24.0 Å². The summed E-state index contributed by atoms with van der Waals surface area (Å²) in [7, 11) is 0.922. The predicted molar refractivity (Wildman–Crippen MR) is 95.3 cm³/mol. The zero-order chi connectivity index (χ0) is 17.4. The van der Waals surface area contributed by atoms with Crippen LogP contribution in [0.25, 0.3) is 6.08 Å². The van der Waals surface area contributed by atoms with E-state index in [2.05, 4.69) is 12.6 Å². The summed E-state index contributed by atoms with van der Waals surface area (Å²) in [6.45, 7) is 7.87. The lowest BCUT2D eigenvalue weighted by Gasteiger charge is -2.32. The molecule has 1 aromatic carbocycles. The summed E-state index contributed by atoms with van der Waals surface area (Å²) in [5.41, 5.74) is 6.13. The van der Waals surface area contributed by atoms with Crippen LogP contribution in [-0.2, 0) is 9.31 Å². The highest BCUT2D eigenvalue weighted by Gasteiger charge is 2.52. The number of hydrogen-bond acceptors (Lipinski definition) is 5. The first kappa shape index (κ1) is 18.2. The van der Waals surface area contributed by atoms with E-state index in [4.69, 9.17) is 19.8 Å². The van der Waals surface area contributed by atoms with Gasteiger partial charge in [0.2, 0.25) is 0 Å². The van der Waals surface area contributed by atoms with Crippen LogP contribution in [0, 0.1) is 5.82 Å². The van der Waals surface area contributed by atoms with E-state index >= 15 is 0 Å². The molecule has 1 saturated heterocycles. The molecule has 0 atom stereocenters. The summed E-state index contributed by atoms with van der Waals surface area (Å²) in [6, 6.07) is 2.80. The Morgan fingerprint density at radius 2 is 1.87 bits per heavy atom. The van der Waals surface area contributed by atoms with Crippen LogP contribution in [0.15, 0.2) is 17.6 Å². The molecule has 7 heteroatoms. The minimum absolute atomic E-state index is 0.255. The third-order valence-electron chi connectivity index (χ3n) is 4.43. The molecule has 1 heterocycles. The molecule has 2 rings (SSSR count). The van der Waals surface area contributed by atoms with Crippen molar-refractivity contribution < 1.29 is 18.4 Å². The molecule has 0 aromatic heterocycles. The van der Waals surface area contributed by atoms with Crippen molar-refractivity contribution >= 4 is 31.5 Å². The average Bonchev–Trinajstić information content (AvgIpc) is 2.66. The average molecular weight is 339 g/mol. The molecule has 126 valence electrons. The van der Waals surface area contributed by atoms with Gasteiger partial charge in [-0.05, 0) is 39.2 Å². The number of rotatable bonds is 4. The van der Waals surface area contributed by atoms with Crippen LogP contribution in [0.5, 0.6) is 5.75 Å². The molecule has 2 N–H and O–H groups in total. The molecule has 0 spiro atoms. The van der Waals surface area contributed by atoms with Gasteiger partial charge in [0.25, 0.3) is 0 Å². The van der Waals surface area contributed by atoms with Crippen molar-refractivity contribution in [3.63, 3.8) is 0 Å². The van der Waals surface area contributed by atoms with E-state index < -0.39 is 24.1 Å². The molecular weight excluding hydrogens is 316 g/mol. The third kappa shape index (κ3) is 3.51. The molecule has 0 bridgehead atoms. The Bertz CT molecular complexity index is 618. The summed E-state index contributed by atoms with van der Waals surface area (Å²) in [4.78, 5) is 0. The van der Waals surface area contributed by atoms with Crippen molar-refractivity contribution in [2.75, 3.05) is 18.6 Å². The van der Waals surface area contributed by atoms with Crippen LogP contribution in [0.3, 0.4) is 0 Å². The molecule has 0 radical (unpaired) electrons. The Morgan fingerprint density at radius 1 is 1.30 bits per heavy atom. The van der Waals surface area contributed by atoms with Crippen molar-refractivity contribution in [2.24, 2.45) is 0 Å². The molecule has 23 heavy (non-hydrogen) atoms. The van der Waals surface area contributed by atoms with Crippen LogP contribution in [0.2, 0.25) is 0 Å². The van der Waals surface area contributed by atoms with Gasteiger partial charge in [0.15, 0.2) is 0 Å². The van der Waals surface area contributed by atoms with E-state index in [1.807, 2.05) is 27.7 Å². The molecule has 0 amide bonds. The van der Waals surface area contributed by atoms with E-state index in [9.17, 15) is 4.39 Å². The Hall–Kier alpha value is -1.18. The first-order valence-corrected chi connectivity index (χ1v) is 8.04.